The van der Waals surface area contributed by atoms with Crippen LogP contribution in [0.5, 0.6) is 0 Å². The van der Waals surface area contributed by atoms with Gasteiger partial charge in [-0.3, -0.25) is 0 Å². The van der Waals surface area contributed by atoms with Crippen molar-refractivity contribution >= 4 is 8.80 Å². The van der Waals surface area contributed by atoms with E-state index in [-0.39, 0.29) is 0 Å². The van der Waals surface area contributed by atoms with Gasteiger partial charge in [0.05, 0.1) is 0 Å². The molecule has 0 bridgehead atoms. The largest absolute Gasteiger partial charge is 0.504 e. The molecule has 0 atom stereocenters. The molecule has 4 fully saturated rings. The second-order valence-corrected chi connectivity index (χ2v) is 14.2. The maximum Gasteiger partial charge on any atom is 0.504 e. The first-order valence-electron chi connectivity index (χ1n) is 14.9. The van der Waals surface area contributed by atoms with Crippen LogP contribution in [-0.4, -0.2) is 27.1 Å². The van der Waals surface area contributed by atoms with Gasteiger partial charge in [0.1, 0.15) is 0 Å². The summed E-state index contributed by atoms with van der Waals surface area (Å²) < 4.78 is 22.0. The first kappa shape index (κ1) is 25.2. The maximum atomic E-state index is 7.34. The highest BCUT2D eigenvalue weighted by Crippen LogP contribution is 2.43. The van der Waals surface area contributed by atoms with E-state index >= 15 is 0 Å². The third-order valence-corrected chi connectivity index (χ3v) is 12.3. The number of hydrogen-bond acceptors (Lipinski definition) is 3. The van der Waals surface area contributed by atoms with Crippen LogP contribution in [0.3, 0.4) is 0 Å². The Morgan fingerprint density at radius 2 is 0.562 bits per heavy atom. The molecule has 0 heterocycles. The highest BCUT2D eigenvalue weighted by Gasteiger charge is 2.53. The van der Waals surface area contributed by atoms with Crippen molar-refractivity contribution in [3.8, 4) is 0 Å². The van der Waals surface area contributed by atoms with Crippen molar-refractivity contribution in [1.82, 2.24) is 0 Å². The Morgan fingerprint density at radius 1 is 0.312 bits per heavy atom. The molecule has 0 radical (unpaired) electrons. The molecular formula is C28H52O3Si. The van der Waals surface area contributed by atoms with Crippen LogP contribution >= 0.6 is 0 Å². The number of rotatable bonds is 7. The predicted molar refractivity (Wildman–Crippen MR) is 135 cm³/mol. The Balaban J connectivity index is 1.59. The van der Waals surface area contributed by atoms with Crippen molar-refractivity contribution in [3.05, 3.63) is 0 Å². The molecule has 3 nitrogen and oxygen atoms in total. The molecule has 0 unspecified atom stereocenters. The summed E-state index contributed by atoms with van der Waals surface area (Å²) in [7, 11) is -2.76. The molecule has 32 heavy (non-hydrogen) atoms. The van der Waals surface area contributed by atoms with Gasteiger partial charge in [0, 0.05) is 23.9 Å². The van der Waals surface area contributed by atoms with Crippen LogP contribution in [0, 0.1) is 0 Å². The van der Waals surface area contributed by atoms with Crippen LogP contribution in [0.25, 0.3) is 0 Å². The molecule has 0 N–H and O–H groups in total. The monoisotopic (exact) mass is 464 g/mol. The van der Waals surface area contributed by atoms with Crippen molar-refractivity contribution < 1.29 is 13.3 Å². The van der Waals surface area contributed by atoms with Gasteiger partial charge in [0.2, 0.25) is 0 Å². The summed E-state index contributed by atoms with van der Waals surface area (Å²) >= 11 is 0. The molecule has 186 valence electrons. The average Bonchev–Trinajstić information content (AvgIpc) is 3.39. The molecule has 4 heteroatoms. The highest BCUT2D eigenvalue weighted by atomic mass is 28.4. The van der Waals surface area contributed by atoms with Crippen LogP contribution in [0.4, 0.5) is 0 Å². The Bertz CT molecular complexity index is 426. The highest BCUT2D eigenvalue weighted by molar-refractivity contribution is 6.62. The minimum atomic E-state index is -2.76. The Morgan fingerprint density at radius 3 is 0.844 bits per heavy atom. The average molecular weight is 465 g/mol. The fourth-order valence-electron chi connectivity index (χ4n) is 6.78. The van der Waals surface area contributed by atoms with Gasteiger partial charge in [-0.1, -0.05) is 103 Å². The molecule has 4 aliphatic carbocycles. The smallest absolute Gasteiger partial charge is 0.370 e. The van der Waals surface area contributed by atoms with Gasteiger partial charge in [0.15, 0.2) is 0 Å². The first-order chi connectivity index (χ1) is 15.8. The zero-order chi connectivity index (χ0) is 21.9. The quantitative estimate of drug-likeness (QED) is 0.278. The van der Waals surface area contributed by atoms with E-state index in [4.69, 9.17) is 13.3 Å². The van der Waals surface area contributed by atoms with Crippen molar-refractivity contribution in [1.29, 1.82) is 0 Å². The zero-order valence-electron chi connectivity index (χ0n) is 21.0. The Hall–Kier alpha value is 0.0969. The van der Waals surface area contributed by atoms with Crippen LogP contribution in [-0.2, 0) is 13.3 Å². The van der Waals surface area contributed by atoms with E-state index in [1.54, 1.807) is 0 Å². The van der Waals surface area contributed by atoms with E-state index in [2.05, 4.69) is 0 Å². The van der Waals surface area contributed by atoms with Crippen molar-refractivity contribution in [2.45, 2.75) is 178 Å². The lowest BCUT2D eigenvalue weighted by molar-refractivity contribution is -0.0371. The molecule has 0 saturated heterocycles. The molecule has 4 aliphatic rings. The van der Waals surface area contributed by atoms with Crippen molar-refractivity contribution in [3.63, 3.8) is 0 Å². The summed E-state index contributed by atoms with van der Waals surface area (Å²) in [4.78, 5) is 0. The van der Waals surface area contributed by atoms with E-state index in [0.29, 0.717) is 23.9 Å². The van der Waals surface area contributed by atoms with E-state index in [9.17, 15) is 0 Å². The second-order valence-electron chi connectivity index (χ2n) is 11.5. The molecule has 0 aromatic rings. The van der Waals surface area contributed by atoms with E-state index < -0.39 is 8.80 Å². The maximum absolute atomic E-state index is 7.34. The standard InChI is InChI=1S/C28H52O3Si/c1-2-10-18-25(17-9-1)29-32(28-23-15-7-8-16-24-28,30-26-19-11-3-4-12-20-26)31-27-21-13-5-6-14-22-27/h25-28H,1-24H2. The lowest BCUT2D eigenvalue weighted by atomic mass is 10.2. The SMILES string of the molecule is C1CCCC(O[Si](OC2CCCCCC2)(OC2CCCCCC2)C2CCCCCC2)CC1. The van der Waals surface area contributed by atoms with Crippen LogP contribution in [0.2, 0.25) is 5.54 Å². The number of hydrogen-bond donors (Lipinski definition) is 0. The Labute approximate surface area is 200 Å². The zero-order valence-corrected chi connectivity index (χ0v) is 22.0. The second kappa shape index (κ2) is 13.9. The minimum absolute atomic E-state index is 0.379. The molecule has 0 amide bonds. The van der Waals surface area contributed by atoms with Gasteiger partial charge < -0.3 is 13.3 Å². The van der Waals surface area contributed by atoms with Crippen molar-refractivity contribution in [2.75, 3.05) is 0 Å². The van der Waals surface area contributed by atoms with Crippen LogP contribution in [0.15, 0.2) is 0 Å². The summed E-state index contributed by atoms with van der Waals surface area (Å²) in [6, 6.07) is 0. The third kappa shape index (κ3) is 7.82. The van der Waals surface area contributed by atoms with Crippen LogP contribution in [0.1, 0.15) is 154 Å². The van der Waals surface area contributed by atoms with E-state index in [0.717, 1.165) is 0 Å². The molecule has 4 saturated carbocycles. The lowest BCUT2D eigenvalue weighted by Crippen LogP contribution is -2.56. The van der Waals surface area contributed by atoms with E-state index in [1.807, 2.05) is 0 Å². The van der Waals surface area contributed by atoms with Crippen LogP contribution < -0.4 is 0 Å². The van der Waals surface area contributed by atoms with E-state index in [1.165, 1.54) is 154 Å². The molecule has 0 aromatic carbocycles. The fraction of sp³-hybridized carbons (Fsp3) is 1.00. The minimum Gasteiger partial charge on any atom is -0.370 e. The molecule has 0 aromatic heterocycles. The Kier molecular flexibility index (Phi) is 10.9. The van der Waals surface area contributed by atoms with Gasteiger partial charge in [-0.05, 0) is 51.4 Å². The molecular weight excluding hydrogens is 412 g/mol. The predicted octanol–water partition coefficient (Wildman–Crippen LogP) is 8.87. The van der Waals surface area contributed by atoms with Gasteiger partial charge in [-0.25, -0.2) is 0 Å². The van der Waals surface area contributed by atoms with Gasteiger partial charge in [-0.15, -0.1) is 0 Å². The lowest BCUT2D eigenvalue weighted by Gasteiger charge is -2.42. The van der Waals surface area contributed by atoms with Gasteiger partial charge in [-0.2, -0.15) is 0 Å². The van der Waals surface area contributed by atoms with Crippen molar-refractivity contribution in [2.24, 2.45) is 0 Å². The first-order valence-corrected chi connectivity index (χ1v) is 16.7. The topological polar surface area (TPSA) is 27.7 Å². The summed E-state index contributed by atoms with van der Waals surface area (Å²) in [5, 5.41) is 0. The summed E-state index contributed by atoms with van der Waals surface area (Å²) in [6.45, 7) is 0. The summed E-state index contributed by atoms with van der Waals surface area (Å²) in [5.41, 5.74) is 0.541. The van der Waals surface area contributed by atoms with Gasteiger partial charge in [0.25, 0.3) is 0 Å². The summed E-state index contributed by atoms with van der Waals surface area (Å²) in [6.07, 6.45) is 32.7. The fourth-order valence-corrected chi connectivity index (χ4v) is 10.7. The van der Waals surface area contributed by atoms with Gasteiger partial charge >= 0.3 is 8.80 Å². The molecule has 0 spiro atoms. The normalized spacial score (nSPS) is 27.4. The summed E-state index contributed by atoms with van der Waals surface area (Å²) in [5.74, 6) is 0. The molecule has 0 aliphatic heterocycles. The third-order valence-electron chi connectivity index (χ3n) is 8.75. The molecule has 4 rings (SSSR count).